The number of hydrogen-bond donors (Lipinski definition) is 0. The van der Waals surface area contributed by atoms with Gasteiger partial charge in [0.2, 0.25) is 0 Å². The molecule has 0 amide bonds. The largest absolute Gasteiger partial charge is 0.465 e. The Labute approximate surface area is 281 Å². The van der Waals surface area contributed by atoms with Gasteiger partial charge in [-0.15, -0.1) is 0 Å². The maximum absolute atomic E-state index is 12.0. The number of hydrogen-bond acceptors (Lipinski definition) is 3. The molecular formula is C43H64O3. The van der Waals surface area contributed by atoms with Gasteiger partial charge in [-0.25, -0.2) is 4.79 Å². The van der Waals surface area contributed by atoms with Crippen molar-refractivity contribution in [2.24, 2.45) is 57.2 Å². The smallest absolute Gasteiger partial charge is 0.337 e. The lowest BCUT2D eigenvalue weighted by Gasteiger charge is -2.68. The number of benzene rings is 1. The molecule has 9 atom stereocenters. The van der Waals surface area contributed by atoms with Crippen LogP contribution < -0.4 is 0 Å². The average molecular weight is 629 g/mol. The highest BCUT2D eigenvalue weighted by Gasteiger charge is 2.66. The van der Waals surface area contributed by atoms with Crippen molar-refractivity contribution < 1.29 is 14.3 Å². The van der Waals surface area contributed by atoms with Crippen molar-refractivity contribution in [1.82, 2.24) is 0 Å². The minimum Gasteiger partial charge on any atom is -0.465 e. The van der Waals surface area contributed by atoms with E-state index in [-0.39, 0.29) is 11.4 Å². The van der Waals surface area contributed by atoms with Crippen molar-refractivity contribution in [2.75, 3.05) is 7.11 Å². The Kier molecular flexibility index (Phi) is 11.1. The lowest BCUT2D eigenvalue weighted by molar-refractivity contribution is -0.176. The topological polar surface area (TPSA) is 43.4 Å². The Morgan fingerprint density at radius 1 is 0.891 bits per heavy atom. The molecule has 0 saturated heterocycles. The molecule has 254 valence electrons. The fraction of sp³-hybridized carbons (Fsp3) is 0.674. The van der Waals surface area contributed by atoms with Crippen LogP contribution >= 0.6 is 0 Å². The second-order valence-corrected chi connectivity index (χ2v) is 16.1. The van der Waals surface area contributed by atoms with Crippen molar-refractivity contribution in [2.45, 2.75) is 120 Å². The normalized spacial score (nSPS) is 38.6. The molecule has 0 aromatic heterocycles. The Morgan fingerprint density at radius 2 is 1.52 bits per heavy atom. The molecule has 5 aliphatic carbocycles. The molecule has 46 heavy (non-hydrogen) atoms. The predicted molar refractivity (Wildman–Crippen MR) is 193 cm³/mol. The highest BCUT2D eigenvalue weighted by atomic mass is 16.5. The van der Waals surface area contributed by atoms with E-state index < -0.39 is 0 Å². The summed E-state index contributed by atoms with van der Waals surface area (Å²) in [5, 5.41) is 0. The van der Waals surface area contributed by atoms with Crippen LogP contribution in [0.5, 0.6) is 0 Å². The van der Waals surface area contributed by atoms with Crippen molar-refractivity contribution >= 4 is 17.8 Å². The molecule has 0 aliphatic heterocycles. The lowest BCUT2D eigenvalue weighted by Crippen LogP contribution is -2.61. The highest BCUT2D eigenvalue weighted by molar-refractivity contribution is 5.89. The number of carbonyl (C=O) groups is 2. The second kappa shape index (κ2) is 14.0. The first-order valence-electron chi connectivity index (χ1n) is 18.4. The monoisotopic (exact) mass is 628 g/mol. The molecule has 0 spiro atoms. The van der Waals surface area contributed by atoms with E-state index in [9.17, 15) is 4.79 Å². The van der Waals surface area contributed by atoms with Crippen molar-refractivity contribution in [1.29, 1.82) is 0 Å². The van der Waals surface area contributed by atoms with Crippen LogP contribution in [0.3, 0.4) is 0 Å². The fourth-order valence-electron chi connectivity index (χ4n) is 12.5. The molecule has 0 radical (unpaired) electrons. The molecule has 4 saturated carbocycles. The Hall–Kier alpha value is -2.42. The fourth-order valence-corrected chi connectivity index (χ4v) is 12.5. The highest BCUT2D eigenvalue weighted by Crippen LogP contribution is 2.74. The predicted octanol–water partition coefficient (Wildman–Crippen LogP) is 11.5. The number of rotatable bonds is 4. The summed E-state index contributed by atoms with van der Waals surface area (Å²) >= 11 is 0. The summed E-state index contributed by atoms with van der Waals surface area (Å²) in [7, 11) is 1.45. The van der Waals surface area contributed by atoms with E-state index in [2.05, 4.69) is 78.5 Å². The lowest BCUT2D eigenvalue weighted by atomic mass is 9.36. The van der Waals surface area contributed by atoms with E-state index in [1.54, 1.807) is 0 Å². The van der Waals surface area contributed by atoms with Gasteiger partial charge in [-0.3, -0.25) is 0 Å². The minimum absolute atomic E-state index is 0.0993. The van der Waals surface area contributed by atoms with Gasteiger partial charge in [0.15, 0.2) is 0 Å². The molecule has 0 N–H and O–H groups in total. The summed E-state index contributed by atoms with van der Waals surface area (Å²) in [6.07, 6.45) is 20.5. The number of methoxy groups -OCH3 is 1. The minimum atomic E-state index is -0.263. The van der Waals surface area contributed by atoms with Gasteiger partial charge in [0, 0.05) is 0 Å². The van der Waals surface area contributed by atoms with Crippen LogP contribution in [-0.4, -0.2) is 19.4 Å². The van der Waals surface area contributed by atoms with Gasteiger partial charge in [-0.2, -0.15) is 0 Å². The third-order valence-corrected chi connectivity index (χ3v) is 14.0. The van der Waals surface area contributed by atoms with Crippen molar-refractivity contribution in [3.8, 4) is 0 Å². The molecular weight excluding hydrogens is 564 g/mol. The van der Waals surface area contributed by atoms with Gasteiger partial charge in [0.05, 0.1) is 12.7 Å². The van der Waals surface area contributed by atoms with Crippen LogP contribution in [0.15, 0.2) is 54.6 Å². The van der Waals surface area contributed by atoms with E-state index in [1.165, 1.54) is 88.5 Å². The summed E-state index contributed by atoms with van der Waals surface area (Å²) in [5.41, 5.74) is 6.08. The van der Waals surface area contributed by atoms with E-state index >= 15 is 0 Å². The van der Waals surface area contributed by atoms with Gasteiger partial charge >= 0.3 is 5.97 Å². The maximum atomic E-state index is 12.0. The number of esters is 1. The van der Waals surface area contributed by atoms with E-state index in [0.29, 0.717) is 33.6 Å². The van der Waals surface area contributed by atoms with Crippen LogP contribution in [0.2, 0.25) is 0 Å². The van der Waals surface area contributed by atoms with E-state index in [0.717, 1.165) is 30.0 Å². The Bertz CT molecular complexity index is 1320. The van der Waals surface area contributed by atoms with E-state index in [4.69, 9.17) is 9.53 Å². The van der Waals surface area contributed by atoms with Crippen LogP contribution in [0.1, 0.15) is 136 Å². The van der Waals surface area contributed by atoms with Gasteiger partial charge in [-0.05, 0) is 159 Å². The van der Waals surface area contributed by atoms with Crippen molar-refractivity contribution in [3.05, 3.63) is 65.8 Å². The molecule has 1 aromatic rings. The zero-order valence-corrected chi connectivity index (χ0v) is 30.9. The first-order chi connectivity index (χ1) is 21.8. The molecule has 6 rings (SSSR count). The Morgan fingerprint density at radius 3 is 2.11 bits per heavy atom. The maximum Gasteiger partial charge on any atom is 0.337 e. The first-order valence-corrected chi connectivity index (χ1v) is 18.4. The van der Waals surface area contributed by atoms with E-state index in [1.807, 2.05) is 26.0 Å². The molecule has 3 heteroatoms. The zero-order valence-electron chi connectivity index (χ0n) is 30.9. The summed E-state index contributed by atoms with van der Waals surface area (Å²) in [6, 6.07) is 8.14. The average Bonchev–Trinajstić information content (AvgIpc) is 3.42. The third-order valence-electron chi connectivity index (χ3n) is 14.0. The van der Waals surface area contributed by atoms with Gasteiger partial charge in [-0.1, -0.05) is 84.1 Å². The SMILES string of the molecule is C=C(C)[C@@H]1CC[C@]2(/C=C/C)CCC3[C@H](CCC4[C@@]3(C)CCC3C(C)(C)C(c5ccc(C(=O)OC)cc5)=CC[C@@]34C)C12.CC.CC=O. The van der Waals surface area contributed by atoms with Crippen LogP contribution in [0.25, 0.3) is 5.57 Å². The Balaban J connectivity index is 0.000000908. The molecule has 0 bridgehead atoms. The third kappa shape index (κ3) is 5.81. The number of aldehydes is 1. The molecule has 4 fully saturated rings. The van der Waals surface area contributed by atoms with Crippen LogP contribution in [0, 0.1) is 57.2 Å². The molecule has 0 heterocycles. The summed E-state index contributed by atoms with van der Waals surface area (Å²) in [6.45, 7) is 25.0. The summed E-state index contributed by atoms with van der Waals surface area (Å²) in [5.74, 6) is 4.39. The molecule has 5 aliphatic rings. The van der Waals surface area contributed by atoms with Gasteiger partial charge in [0.25, 0.3) is 0 Å². The van der Waals surface area contributed by atoms with Crippen molar-refractivity contribution in [3.63, 3.8) is 0 Å². The first kappa shape index (κ1) is 36.4. The van der Waals surface area contributed by atoms with Gasteiger partial charge in [0.1, 0.15) is 6.29 Å². The quantitative estimate of drug-likeness (QED) is 0.189. The summed E-state index contributed by atoms with van der Waals surface area (Å²) < 4.78 is 4.94. The summed E-state index contributed by atoms with van der Waals surface area (Å²) in [4.78, 5) is 20.8. The molecule has 4 unspecified atom stereocenters. The standard InChI is InChI=1S/C39H54O2.C2H4O.C2H6/c1-9-20-39-23-16-28(25(2)3)34(39)29-14-15-33-37(6,31(29)18-24-39)22-19-32-36(4,5)30(17-21-38(32,33)7)26-10-12-27(13-11-26)35(40)41-8;1-2-3;1-2/h9-13,17,20,28-29,31-34H,2,14-16,18-19,21-24H2,1,3-8H3;2H,1H3;1-2H3/b20-9+;;/t28-,29-,31?,32?,33?,34?,37-,38-,39+;;/m0../s1. The number of carbonyl (C=O) groups excluding carboxylic acids is 2. The second-order valence-electron chi connectivity index (χ2n) is 16.1. The molecule has 1 aromatic carbocycles. The number of fused-ring (bicyclic) bond motifs is 7. The van der Waals surface area contributed by atoms with Crippen LogP contribution in [0.4, 0.5) is 0 Å². The number of ether oxygens (including phenoxy) is 1. The molecule has 3 nitrogen and oxygen atoms in total. The van der Waals surface area contributed by atoms with Crippen LogP contribution in [-0.2, 0) is 9.53 Å². The van der Waals surface area contributed by atoms with Gasteiger partial charge < -0.3 is 9.53 Å². The zero-order chi connectivity index (χ0) is 34.1. The number of allylic oxidation sites excluding steroid dienone is 5.